The highest BCUT2D eigenvalue weighted by Crippen LogP contribution is 2.43. The maximum absolute atomic E-state index is 14.1. The van der Waals surface area contributed by atoms with Crippen molar-refractivity contribution in [2.45, 2.75) is 29.1 Å². The average molecular weight is 661 g/mol. The maximum atomic E-state index is 14.1. The van der Waals surface area contributed by atoms with Crippen molar-refractivity contribution in [1.29, 1.82) is 0 Å². The molecular weight excluding hydrogens is 632 g/mol. The number of nitrogens with zero attached hydrogens (tertiary/aromatic N) is 5. The first-order valence-electron chi connectivity index (χ1n) is 14.2. The van der Waals surface area contributed by atoms with Crippen LogP contribution in [0.2, 0.25) is 0 Å². The molecule has 2 aromatic carbocycles. The van der Waals surface area contributed by atoms with Crippen molar-refractivity contribution in [3.8, 4) is 0 Å². The number of esters is 1. The molecule has 2 aliphatic heterocycles. The van der Waals surface area contributed by atoms with Gasteiger partial charge in [0.25, 0.3) is 5.91 Å². The van der Waals surface area contributed by atoms with Crippen LogP contribution in [0, 0.1) is 5.92 Å². The van der Waals surface area contributed by atoms with E-state index < -0.39 is 23.5 Å². The first kappa shape index (κ1) is 30.9. The predicted octanol–water partition coefficient (Wildman–Crippen LogP) is 4.54. The Balaban J connectivity index is 1.25. The van der Waals surface area contributed by atoms with E-state index in [9.17, 15) is 14.4 Å². The standard InChI is InChI=1S/C32H29ClN6O4S2/c1-38-32(35-36-37-38)45-19-24-18-44-30-26(34-25(40)16-22-14-8-9-15-23(22)17-33)29(41)39(30)27(24)31(42)43-28(20-10-4-2-5-11-20)21-12-6-3-7-13-21/h2-15,17,22,26,28,30H,16,18-19H2,1H3,(H,34,40)/t22?,26?,30-/m1/s1. The number of rotatable bonds is 10. The number of hydrogen-bond donors (Lipinski definition) is 1. The summed E-state index contributed by atoms with van der Waals surface area (Å²) in [5.74, 6) is -0.602. The molecule has 3 atom stereocenters. The van der Waals surface area contributed by atoms with E-state index in [4.69, 9.17) is 16.3 Å². The van der Waals surface area contributed by atoms with Gasteiger partial charge >= 0.3 is 5.97 Å². The molecule has 230 valence electrons. The van der Waals surface area contributed by atoms with Crippen LogP contribution in [0.4, 0.5) is 0 Å². The molecule has 1 N–H and O–H groups in total. The molecule has 10 nitrogen and oxygen atoms in total. The number of carbonyl (C=O) groups is 3. The van der Waals surface area contributed by atoms with Crippen LogP contribution in [-0.2, 0) is 26.2 Å². The summed E-state index contributed by atoms with van der Waals surface area (Å²) in [5.41, 5.74) is 4.81. The van der Waals surface area contributed by atoms with Gasteiger partial charge in [0.05, 0.1) is 0 Å². The number of thioether (sulfide) groups is 2. The Hall–Kier alpha value is -4.13. The van der Waals surface area contributed by atoms with Crippen LogP contribution in [-0.4, -0.2) is 65.8 Å². The van der Waals surface area contributed by atoms with Gasteiger partial charge in [-0.05, 0) is 32.7 Å². The Morgan fingerprint density at radius 2 is 1.84 bits per heavy atom. The molecule has 1 aromatic heterocycles. The Labute approximate surface area is 273 Å². The second kappa shape index (κ2) is 13.9. The van der Waals surface area contributed by atoms with Gasteiger partial charge in [0, 0.05) is 36.4 Å². The number of β-lactam (4-membered cyclic amide) rings is 1. The van der Waals surface area contributed by atoms with Crippen molar-refractivity contribution in [2.24, 2.45) is 13.0 Å². The summed E-state index contributed by atoms with van der Waals surface area (Å²) in [6.07, 6.45) is 6.95. The minimum absolute atomic E-state index is 0.148. The zero-order valence-electron chi connectivity index (χ0n) is 24.2. The number of carbonyl (C=O) groups excluding carboxylic acids is 3. The first-order valence-corrected chi connectivity index (χ1v) is 16.7. The number of nitrogens with one attached hydrogen (secondary N) is 1. The van der Waals surface area contributed by atoms with Crippen LogP contribution in [0.5, 0.6) is 0 Å². The predicted molar refractivity (Wildman–Crippen MR) is 173 cm³/mol. The summed E-state index contributed by atoms with van der Waals surface area (Å²) in [5, 5.41) is 14.6. The zero-order chi connectivity index (χ0) is 31.3. The number of halogens is 1. The largest absolute Gasteiger partial charge is 0.448 e. The number of amides is 2. The highest BCUT2D eigenvalue weighted by Gasteiger charge is 2.54. The van der Waals surface area contributed by atoms with Gasteiger partial charge in [-0.1, -0.05) is 108 Å². The number of tetrazole rings is 1. The van der Waals surface area contributed by atoms with Crippen molar-refractivity contribution in [2.75, 3.05) is 11.5 Å². The third-order valence-corrected chi connectivity index (χ3v) is 10.3. The third kappa shape index (κ3) is 6.63. The van der Waals surface area contributed by atoms with Crippen molar-refractivity contribution in [3.05, 3.63) is 118 Å². The van der Waals surface area contributed by atoms with Crippen LogP contribution in [0.25, 0.3) is 0 Å². The number of allylic oxidation sites excluding steroid dienone is 5. The van der Waals surface area contributed by atoms with Gasteiger partial charge in [-0.3, -0.25) is 14.5 Å². The lowest BCUT2D eigenvalue weighted by atomic mass is 9.92. The fourth-order valence-electron chi connectivity index (χ4n) is 5.36. The van der Waals surface area contributed by atoms with Crippen molar-refractivity contribution >= 4 is 52.9 Å². The molecule has 1 aliphatic carbocycles. The van der Waals surface area contributed by atoms with Crippen molar-refractivity contribution < 1.29 is 19.1 Å². The molecule has 0 radical (unpaired) electrons. The van der Waals surface area contributed by atoms with Gasteiger partial charge in [0.1, 0.15) is 17.1 Å². The number of ether oxygens (including phenoxy) is 1. The zero-order valence-corrected chi connectivity index (χ0v) is 26.5. The van der Waals surface area contributed by atoms with Crippen LogP contribution in [0.3, 0.4) is 0 Å². The van der Waals surface area contributed by atoms with E-state index in [0.29, 0.717) is 16.7 Å². The van der Waals surface area contributed by atoms with Gasteiger partial charge < -0.3 is 10.1 Å². The first-order chi connectivity index (χ1) is 21.9. The van der Waals surface area contributed by atoms with E-state index >= 15 is 0 Å². The molecule has 3 heterocycles. The molecule has 1 saturated heterocycles. The Morgan fingerprint density at radius 3 is 2.49 bits per heavy atom. The van der Waals surface area contributed by atoms with E-state index in [1.54, 1.807) is 11.7 Å². The van der Waals surface area contributed by atoms with Crippen LogP contribution >= 0.6 is 35.1 Å². The molecule has 3 aliphatic rings. The smallest absolute Gasteiger partial charge is 0.356 e. The third-order valence-electron chi connectivity index (χ3n) is 7.65. The van der Waals surface area contributed by atoms with Crippen LogP contribution in [0.1, 0.15) is 23.7 Å². The molecule has 2 amide bonds. The van der Waals surface area contributed by atoms with Gasteiger partial charge in [0.15, 0.2) is 6.10 Å². The van der Waals surface area contributed by atoms with Gasteiger partial charge in [0.2, 0.25) is 11.1 Å². The minimum atomic E-state index is -0.770. The average Bonchev–Trinajstić information content (AvgIpc) is 3.49. The molecule has 6 rings (SSSR count). The van der Waals surface area contributed by atoms with Gasteiger partial charge in [-0.15, -0.1) is 16.9 Å². The second-order valence-electron chi connectivity index (χ2n) is 10.6. The summed E-state index contributed by atoms with van der Waals surface area (Å²) in [7, 11) is 1.74. The molecule has 3 aromatic rings. The second-order valence-corrected chi connectivity index (χ2v) is 12.8. The minimum Gasteiger partial charge on any atom is -0.448 e. The van der Waals surface area contributed by atoms with Crippen molar-refractivity contribution in [3.63, 3.8) is 0 Å². The van der Waals surface area contributed by atoms with E-state index in [-0.39, 0.29) is 29.9 Å². The summed E-state index contributed by atoms with van der Waals surface area (Å²) in [6.45, 7) is 0. The van der Waals surface area contributed by atoms with E-state index in [2.05, 4.69) is 20.8 Å². The number of benzene rings is 2. The number of aryl methyl sites for hydroxylation is 1. The molecule has 0 saturated carbocycles. The fraction of sp³-hybridized carbons (Fsp3) is 0.250. The summed E-state index contributed by atoms with van der Waals surface area (Å²) in [6, 6.07) is 18.2. The van der Waals surface area contributed by atoms with E-state index in [0.717, 1.165) is 22.3 Å². The molecule has 0 bridgehead atoms. The molecular formula is C32H29ClN6O4S2. The Morgan fingerprint density at radius 1 is 1.13 bits per heavy atom. The van der Waals surface area contributed by atoms with E-state index in [1.165, 1.54) is 34.0 Å². The highest BCUT2D eigenvalue weighted by atomic mass is 35.5. The molecule has 13 heteroatoms. The van der Waals surface area contributed by atoms with Gasteiger partial charge in [-0.2, -0.15) is 0 Å². The molecule has 0 spiro atoms. The number of fused-ring (bicyclic) bond motifs is 1. The maximum Gasteiger partial charge on any atom is 0.356 e. The molecule has 2 unspecified atom stereocenters. The topological polar surface area (TPSA) is 119 Å². The quantitative estimate of drug-likeness (QED) is 0.190. The SMILES string of the molecule is Cn1nnnc1SCC1=C(C(=O)OC(c2ccccc2)c2ccccc2)N2C(=O)C(NC(=O)CC3C=CC=CC3=CCl)[C@H]2SC1. The summed E-state index contributed by atoms with van der Waals surface area (Å²) < 4.78 is 7.77. The van der Waals surface area contributed by atoms with Crippen LogP contribution in [0.15, 0.2) is 113 Å². The summed E-state index contributed by atoms with van der Waals surface area (Å²) >= 11 is 8.81. The lowest BCUT2D eigenvalue weighted by Gasteiger charge is -2.50. The summed E-state index contributed by atoms with van der Waals surface area (Å²) in [4.78, 5) is 42.3. The van der Waals surface area contributed by atoms with Crippen LogP contribution < -0.4 is 5.32 Å². The fourth-order valence-corrected chi connectivity index (χ4v) is 7.93. The normalized spacial score (nSPS) is 21.6. The lowest BCUT2D eigenvalue weighted by Crippen LogP contribution is -2.70. The molecule has 45 heavy (non-hydrogen) atoms. The Bertz CT molecular complexity index is 1670. The van der Waals surface area contributed by atoms with Crippen molar-refractivity contribution in [1.82, 2.24) is 30.4 Å². The number of hydrogen-bond acceptors (Lipinski definition) is 9. The highest BCUT2D eigenvalue weighted by molar-refractivity contribution is 8.01. The lowest BCUT2D eigenvalue weighted by molar-refractivity contribution is -0.154. The number of aromatic nitrogens is 4. The van der Waals surface area contributed by atoms with Gasteiger partial charge in [-0.25, -0.2) is 9.48 Å². The molecule has 1 fully saturated rings. The monoisotopic (exact) mass is 660 g/mol. The van der Waals surface area contributed by atoms with E-state index in [1.807, 2.05) is 85.0 Å². The Kier molecular flexibility index (Phi) is 9.53.